The first-order chi connectivity index (χ1) is 13.8. The SMILES string of the molecule is COCC(C)NS(=O)(=O)c1ccc(NC(=O)CCCNC(=O)c2ccsc2)cc1. The van der Waals surface area contributed by atoms with Crippen molar-refractivity contribution in [1.29, 1.82) is 0 Å². The highest BCUT2D eigenvalue weighted by Crippen LogP contribution is 2.15. The molecule has 2 aromatic rings. The Balaban J connectivity index is 1.77. The molecule has 8 nitrogen and oxygen atoms in total. The maximum Gasteiger partial charge on any atom is 0.252 e. The lowest BCUT2D eigenvalue weighted by atomic mass is 10.2. The van der Waals surface area contributed by atoms with Crippen molar-refractivity contribution in [1.82, 2.24) is 10.0 Å². The molecule has 1 aromatic heterocycles. The molecule has 1 atom stereocenters. The molecule has 0 saturated carbocycles. The van der Waals surface area contributed by atoms with Gasteiger partial charge in [-0.3, -0.25) is 9.59 Å². The lowest BCUT2D eigenvalue weighted by Crippen LogP contribution is -2.35. The minimum absolute atomic E-state index is 0.106. The Morgan fingerprint density at radius 3 is 2.52 bits per heavy atom. The van der Waals surface area contributed by atoms with Crippen molar-refractivity contribution in [3.63, 3.8) is 0 Å². The number of hydrogen-bond donors (Lipinski definition) is 3. The van der Waals surface area contributed by atoms with E-state index < -0.39 is 10.0 Å². The third-order valence-electron chi connectivity index (χ3n) is 3.87. The molecular formula is C19H25N3O5S2. The molecule has 1 heterocycles. The Morgan fingerprint density at radius 2 is 1.90 bits per heavy atom. The lowest BCUT2D eigenvalue weighted by Gasteiger charge is -2.13. The van der Waals surface area contributed by atoms with Gasteiger partial charge in [0.25, 0.3) is 5.91 Å². The van der Waals surface area contributed by atoms with Crippen LogP contribution in [-0.4, -0.2) is 46.5 Å². The summed E-state index contributed by atoms with van der Waals surface area (Å²) in [6.07, 6.45) is 0.732. The molecule has 0 radical (unpaired) electrons. The molecule has 2 amide bonds. The first kappa shape index (κ1) is 23.0. The van der Waals surface area contributed by atoms with E-state index in [0.717, 1.165) is 0 Å². The first-order valence-corrected chi connectivity index (χ1v) is 11.5. The van der Waals surface area contributed by atoms with Crippen LogP contribution in [0.5, 0.6) is 0 Å². The molecule has 3 N–H and O–H groups in total. The van der Waals surface area contributed by atoms with E-state index in [-0.39, 0.29) is 35.8 Å². The van der Waals surface area contributed by atoms with E-state index in [0.29, 0.717) is 24.2 Å². The summed E-state index contributed by atoms with van der Waals surface area (Å²) < 4.78 is 32.0. The molecule has 10 heteroatoms. The van der Waals surface area contributed by atoms with Crippen LogP contribution in [0, 0.1) is 0 Å². The number of rotatable bonds is 11. The minimum atomic E-state index is -3.65. The van der Waals surface area contributed by atoms with Crippen LogP contribution in [0.3, 0.4) is 0 Å². The monoisotopic (exact) mass is 439 g/mol. The van der Waals surface area contributed by atoms with Gasteiger partial charge in [-0.05, 0) is 49.1 Å². The van der Waals surface area contributed by atoms with Gasteiger partial charge in [-0.2, -0.15) is 11.3 Å². The fourth-order valence-corrected chi connectivity index (χ4v) is 4.37. The van der Waals surface area contributed by atoms with Gasteiger partial charge in [0.15, 0.2) is 0 Å². The molecule has 0 aliphatic rings. The number of methoxy groups -OCH3 is 1. The van der Waals surface area contributed by atoms with Gasteiger partial charge < -0.3 is 15.4 Å². The number of amides is 2. The summed E-state index contributed by atoms with van der Waals surface area (Å²) in [5, 5.41) is 9.06. The predicted octanol–water partition coefficient (Wildman–Crippen LogP) is 2.21. The van der Waals surface area contributed by atoms with Gasteiger partial charge in [-0.1, -0.05) is 0 Å². The van der Waals surface area contributed by atoms with E-state index in [2.05, 4.69) is 15.4 Å². The zero-order valence-electron chi connectivity index (χ0n) is 16.3. The van der Waals surface area contributed by atoms with Crippen molar-refractivity contribution in [2.24, 2.45) is 0 Å². The van der Waals surface area contributed by atoms with Crippen LogP contribution < -0.4 is 15.4 Å². The van der Waals surface area contributed by atoms with Crippen LogP contribution in [0.1, 0.15) is 30.1 Å². The summed E-state index contributed by atoms with van der Waals surface area (Å²) in [5.41, 5.74) is 1.11. The summed E-state index contributed by atoms with van der Waals surface area (Å²) in [4.78, 5) is 23.9. The maximum atomic E-state index is 12.3. The number of nitrogens with one attached hydrogen (secondary N) is 3. The van der Waals surface area contributed by atoms with E-state index >= 15 is 0 Å². The van der Waals surface area contributed by atoms with E-state index in [9.17, 15) is 18.0 Å². The van der Waals surface area contributed by atoms with Crippen LogP contribution in [0.25, 0.3) is 0 Å². The molecule has 0 spiro atoms. The van der Waals surface area contributed by atoms with E-state index in [1.807, 2.05) is 5.38 Å². The molecule has 158 valence electrons. The smallest absolute Gasteiger partial charge is 0.252 e. The number of thiophene rings is 1. The largest absolute Gasteiger partial charge is 0.383 e. The van der Waals surface area contributed by atoms with Gasteiger partial charge in [-0.25, -0.2) is 13.1 Å². The van der Waals surface area contributed by atoms with Gasteiger partial charge >= 0.3 is 0 Å². The van der Waals surface area contributed by atoms with E-state index in [1.165, 1.54) is 42.7 Å². The molecule has 29 heavy (non-hydrogen) atoms. The number of anilines is 1. The third kappa shape index (κ3) is 7.58. The quantitative estimate of drug-likeness (QED) is 0.465. The highest BCUT2D eigenvalue weighted by Gasteiger charge is 2.17. The normalized spacial score (nSPS) is 12.3. The van der Waals surface area contributed by atoms with Crippen LogP contribution in [0.2, 0.25) is 0 Å². The van der Waals surface area contributed by atoms with Crippen molar-refractivity contribution in [2.45, 2.75) is 30.7 Å². The molecule has 0 aliphatic heterocycles. The van der Waals surface area contributed by atoms with Crippen molar-refractivity contribution < 1.29 is 22.7 Å². The second kappa shape index (κ2) is 11.1. The Bertz CT molecular complexity index is 896. The number of carbonyl (C=O) groups is 2. The van der Waals surface area contributed by atoms with Gasteiger partial charge in [0.05, 0.1) is 11.5 Å². The van der Waals surface area contributed by atoms with Gasteiger partial charge in [0, 0.05) is 42.7 Å². The van der Waals surface area contributed by atoms with E-state index in [1.54, 1.807) is 18.4 Å². The molecule has 0 saturated heterocycles. The van der Waals surface area contributed by atoms with Gasteiger partial charge in [0.2, 0.25) is 15.9 Å². The van der Waals surface area contributed by atoms with Crippen molar-refractivity contribution >= 4 is 38.9 Å². The first-order valence-electron chi connectivity index (χ1n) is 9.03. The van der Waals surface area contributed by atoms with Crippen LogP contribution in [0.15, 0.2) is 46.0 Å². The second-order valence-corrected chi connectivity index (χ2v) is 8.92. The van der Waals surface area contributed by atoms with Gasteiger partial charge in [0.1, 0.15) is 0 Å². The zero-order chi connectivity index (χ0) is 21.3. The molecular weight excluding hydrogens is 414 g/mol. The summed E-state index contributed by atoms with van der Waals surface area (Å²) in [6.45, 7) is 2.37. The molecule has 0 bridgehead atoms. The number of sulfonamides is 1. The minimum Gasteiger partial charge on any atom is -0.383 e. The number of ether oxygens (including phenoxy) is 1. The Labute approximate surface area is 174 Å². The van der Waals surface area contributed by atoms with Crippen molar-refractivity contribution in [3.8, 4) is 0 Å². The van der Waals surface area contributed by atoms with Crippen molar-refractivity contribution in [3.05, 3.63) is 46.7 Å². The molecule has 1 aromatic carbocycles. The van der Waals surface area contributed by atoms with Crippen LogP contribution in [0.4, 0.5) is 5.69 Å². The summed E-state index contributed by atoms with van der Waals surface area (Å²) in [7, 11) is -2.15. The summed E-state index contributed by atoms with van der Waals surface area (Å²) in [6, 6.07) is 7.31. The maximum absolute atomic E-state index is 12.3. The molecule has 0 fully saturated rings. The van der Waals surface area contributed by atoms with Crippen LogP contribution >= 0.6 is 11.3 Å². The van der Waals surface area contributed by atoms with E-state index in [4.69, 9.17) is 4.74 Å². The third-order valence-corrected chi connectivity index (χ3v) is 6.16. The molecule has 2 rings (SSSR count). The number of carbonyl (C=O) groups excluding carboxylic acids is 2. The van der Waals surface area contributed by atoms with Crippen LogP contribution in [-0.2, 0) is 19.6 Å². The predicted molar refractivity (Wildman–Crippen MR) is 113 cm³/mol. The Kier molecular flexibility index (Phi) is 8.77. The Hall–Kier alpha value is -2.27. The topological polar surface area (TPSA) is 114 Å². The summed E-state index contributed by atoms with van der Waals surface area (Å²) >= 11 is 1.45. The molecule has 1 unspecified atom stereocenters. The highest BCUT2D eigenvalue weighted by atomic mass is 32.2. The summed E-state index contributed by atoms with van der Waals surface area (Å²) in [5.74, 6) is -0.367. The second-order valence-electron chi connectivity index (χ2n) is 6.42. The Morgan fingerprint density at radius 1 is 1.17 bits per heavy atom. The fourth-order valence-electron chi connectivity index (χ4n) is 2.50. The average Bonchev–Trinajstić information content (AvgIpc) is 3.20. The highest BCUT2D eigenvalue weighted by molar-refractivity contribution is 7.89. The number of hydrogen-bond acceptors (Lipinski definition) is 6. The molecule has 0 aliphatic carbocycles. The average molecular weight is 440 g/mol. The standard InChI is InChI=1S/C19H25N3O5S2/c1-14(12-27-2)22-29(25,26)17-7-5-16(6-8-17)21-18(23)4-3-10-20-19(24)15-9-11-28-13-15/h5-9,11,13-14,22H,3-4,10,12H2,1-2H3,(H,20,24)(H,21,23). The lowest BCUT2D eigenvalue weighted by molar-refractivity contribution is -0.116. The van der Waals surface area contributed by atoms with Crippen molar-refractivity contribution in [2.75, 3.05) is 25.6 Å². The fraction of sp³-hybridized carbons (Fsp3) is 0.368. The zero-order valence-corrected chi connectivity index (χ0v) is 17.9. The van der Waals surface area contributed by atoms with Gasteiger partial charge in [-0.15, -0.1) is 0 Å². The number of benzene rings is 1.